The van der Waals surface area contributed by atoms with Gasteiger partial charge in [0.2, 0.25) is 0 Å². The summed E-state index contributed by atoms with van der Waals surface area (Å²) in [6.07, 6.45) is 1.94. The second kappa shape index (κ2) is 5.22. The van der Waals surface area contributed by atoms with E-state index in [0.29, 0.717) is 16.7 Å². The molecule has 0 fully saturated rings. The largest absolute Gasteiger partial charge is 0.374 e. The number of halogens is 1. The van der Waals surface area contributed by atoms with Crippen molar-refractivity contribution in [3.05, 3.63) is 56.8 Å². The zero-order valence-corrected chi connectivity index (χ0v) is 11.3. The van der Waals surface area contributed by atoms with Crippen LogP contribution in [0.3, 0.4) is 0 Å². The van der Waals surface area contributed by atoms with Gasteiger partial charge in [0.15, 0.2) is 0 Å². The van der Waals surface area contributed by atoms with Crippen molar-refractivity contribution in [3.63, 3.8) is 0 Å². The van der Waals surface area contributed by atoms with Crippen LogP contribution < -0.4 is 5.32 Å². The molecule has 0 bridgehead atoms. The summed E-state index contributed by atoms with van der Waals surface area (Å²) in [5.74, 6) is 0. The SMILES string of the molecule is Cn1cccc1CNc1ccc(Br)cc1[N+](=O)[O-]. The summed E-state index contributed by atoms with van der Waals surface area (Å²) < 4.78 is 2.66. The Balaban J connectivity index is 2.19. The molecule has 0 aliphatic heterocycles. The van der Waals surface area contributed by atoms with Gasteiger partial charge in [-0.05, 0) is 24.3 Å². The molecule has 0 radical (unpaired) electrons. The van der Waals surface area contributed by atoms with E-state index in [0.717, 1.165) is 5.69 Å². The average molecular weight is 310 g/mol. The van der Waals surface area contributed by atoms with E-state index in [1.807, 2.05) is 29.9 Å². The lowest BCUT2D eigenvalue weighted by Gasteiger charge is -2.08. The fraction of sp³-hybridized carbons (Fsp3) is 0.167. The minimum absolute atomic E-state index is 0.0681. The van der Waals surface area contributed by atoms with Gasteiger partial charge in [-0.25, -0.2) is 0 Å². The molecule has 1 aromatic heterocycles. The Morgan fingerprint density at radius 3 is 2.83 bits per heavy atom. The maximum absolute atomic E-state index is 10.9. The van der Waals surface area contributed by atoms with E-state index >= 15 is 0 Å². The van der Waals surface area contributed by atoms with Gasteiger partial charge in [-0.3, -0.25) is 10.1 Å². The molecule has 2 aromatic rings. The van der Waals surface area contributed by atoms with Gasteiger partial charge in [0.25, 0.3) is 5.69 Å². The van der Waals surface area contributed by atoms with Crippen LogP contribution in [0, 0.1) is 10.1 Å². The topological polar surface area (TPSA) is 60.1 Å². The highest BCUT2D eigenvalue weighted by molar-refractivity contribution is 9.10. The van der Waals surface area contributed by atoms with E-state index in [1.54, 1.807) is 12.1 Å². The van der Waals surface area contributed by atoms with E-state index in [9.17, 15) is 10.1 Å². The monoisotopic (exact) mass is 309 g/mol. The summed E-state index contributed by atoms with van der Waals surface area (Å²) in [6.45, 7) is 0.548. The zero-order valence-electron chi connectivity index (χ0n) is 9.76. The van der Waals surface area contributed by atoms with Crippen molar-refractivity contribution in [2.45, 2.75) is 6.54 Å². The number of nitro groups is 1. The number of benzene rings is 1. The Hall–Kier alpha value is -1.82. The van der Waals surface area contributed by atoms with Crippen LogP contribution in [0.2, 0.25) is 0 Å². The Morgan fingerprint density at radius 2 is 2.22 bits per heavy atom. The summed E-state index contributed by atoms with van der Waals surface area (Å²) in [5.41, 5.74) is 1.65. The number of nitro benzene ring substituents is 1. The normalized spacial score (nSPS) is 10.3. The van der Waals surface area contributed by atoms with Gasteiger partial charge in [0.05, 0.1) is 11.5 Å². The van der Waals surface area contributed by atoms with E-state index in [-0.39, 0.29) is 5.69 Å². The number of aryl methyl sites for hydroxylation is 1. The predicted octanol–water partition coefficient (Wildman–Crippen LogP) is 3.31. The molecule has 0 atom stereocenters. The fourth-order valence-corrected chi connectivity index (χ4v) is 2.02. The molecule has 1 N–H and O–H groups in total. The predicted molar refractivity (Wildman–Crippen MR) is 73.5 cm³/mol. The van der Waals surface area contributed by atoms with E-state index in [2.05, 4.69) is 21.2 Å². The average Bonchev–Trinajstić information content (AvgIpc) is 2.73. The van der Waals surface area contributed by atoms with Crippen molar-refractivity contribution in [2.24, 2.45) is 7.05 Å². The standard InChI is InChI=1S/C12H12BrN3O2/c1-15-6-2-3-10(15)8-14-11-5-4-9(13)7-12(11)16(17)18/h2-7,14H,8H2,1H3. The first-order valence-corrected chi connectivity index (χ1v) is 6.15. The van der Waals surface area contributed by atoms with Crippen molar-refractivity contribution in [3.8, 4) is 0 Å². The highest BCUT2D eigenvalue weighted by atomic mass is 79.9. The van der Waals surface area contributed by atoms with Crippen LogP contribution in [-0.4, -0.2) is 9.49 Å². The quantitative estimate of drug-likeness (QED) is 0.696. The molecule has 2 rings (SSSR count). The lowest BCUT2D eigenvalue weighted by atomic mass is 10.2. The van der Waals surface area contributed by atoms with Crippen LogP contribution in [0.25, 0.3) is 0 Å². The van der Waals surface area contributed by atoms with Crippen LogP contribution in [-0.2, 0) is 13.6 Å². The van der Waals surface area contributed by atoms with Gasteiger partial charge in [0.1, 0.15) is 5.69 Å². The summed E-state index contributed by atoms with van der Waals surface area (Å²) in [7, 11) is 1.94. The molecule has 1 heterocycles. The summed E-state index contributed by atoms with van der Waals surface area (Å²) in [5, 5.41) is 14.0. The van der Waals surface area contributed by atoms with Gasteiger partial charge >= 0.3 is 0 Å². The van der Waals surface area contributed by atoms with Crippen molar-refractivity contribution in [1.29, 1.82) is 0 Å². The molecule has 0 saturated carbocycles. The fourth-order valence-electron chi connectivity index (χ4n) is 1.67. The first-order valence-electron chi connectivity index (χ1n) is 5.36. The summed E-state index contributed by atoms with van der Waals surface area (Å²) >= 11 is 3.23. The summed E-state index contributed by atoms with van der Waals surface area (Å²) in [6, 6.07) is 8.88. The number of anilines is 1. The van der Waals surface area contributed by atoms with Crippen molar-refractivity contribution in [2.75, 3.05) is 5.32 Å². The number of nitrogens with zero attached hydrogens (tertiary/aromatic N) is 2. The Labute approximate surface area is 113 Å². The number of hydrogen-bond acceptors (Lipinski definition) is 3. The second-order valence-electron chi connectivity index (χ2n) is 3.88. The van der Waals surface area contributed by atoms with E-state index in [4.69, 9.17) is 0 Å². The van der Waals surface area contributed by atoms with E-state index < -0.39 is 4.92 Å². The third-order valence-corrected chi connectivity index (χ3v) is 3.16. The molecule has 5 nitrogen and oxygen atoms in total. The van der Waals surface area contributed by atoms with Crippen LogP contribution in [0.5, 0.6) is 0 Å². The van der Waals surface area contributed by atoms with Crippen LogP contribution in [0.1, 0.15) is 5.69 Å². The van der Waals surface area contributed by atoms with Crippen molar-refractivity contribution in [1.82, 2.24) is 4.57 Å². The Kier molecular flexibility index (Phi) is 3.66. The molecule has 94 valence electrons. The number of rotatable bonds is 4. The van der Waals surface area contributed by atoms with Crippen molar-refractivity contribution >= 4 is 27.3 Å². The lowest BCUT2D eigenvalue weighted by Crippen LogP contribution is -2.05. The Morgan fingerprint density at radius 1 is 1.44 bits per heavy atom. The molecule has 0 amide bonds. The summed E-state index contributed by atoms with van der Waals surface area (Å²) in [4.78, 5) is 10.6. The van der Waals surface area contributed by atoms with Crippen molar-refractivity contribution < 1.29 is 4.92 Å². The van der Waals surface area contributed by atoms with Crippen LogP contribution in [0.4, 0.5) is 11.4 Å². The minimum Gasteiger partial charge on any atom is -0.374 e. The number of hydrogen-bond donors (Lipinski definition) is 1. The molecule has 18 heavy (non-hydrogen) atoms. The highest BCUT2D eigenvalue weighted by Crippen LogP contribution is 2.28. The molecule has 0 aliphatic rings. The van der Waals surface area contributed by atoms with E-state index in [1.165, 1.54) is 6.07 Å². The maximum Gasteiger partial charge on any atom is 0.293 e. The maximum atomic E-state index is 10.9. The van der Waals surface area contributed by atoms with Gasteiger partial charge in [-0.15, -0.1) is 0 Å². The molecule has 0 spiro atoms. The highest BCUT2D eigenvalue weighted by Gasteiger charge is 2.13. The van der Waals surface area contributed by atoms with Gasteiger partial charge in [0, 0.05) is 29.5 Å². The molecule has 1 aromatic carbocycles. The molecule has 0 unspecified atom stereocenters. The molecular weight excluding hydrogens is 298 g/mol. The molecular formula is C12H12BrN3O2. The molecule has 0 saturated heterocycles. The lowest BCUT2D eigenvalue weighted by molar-refractivity contribution is -0.384. The first-order chi connectivity index (χ1) is 8.58. The second-order valence-corrected chi connectivity index (χ2v) is 4.80. The number of nitrogens with one attached hydrogen (secondary N) is 1. The smallest absolute Gasteiger partial charge is 0.293 e. The van der Waals surface area contributed by atoms with Gasteiger partial charge < -0.3 is 9.88 Å². The van der Waals surface area contributed by atoms with Gasteiger partial charge in [-0.2, -0.15) is 0 Å². The van der Waals surface area contributed by atoms with Crippen LogP contribution >= 0.6 is 15.9 Å². The molecule has 6 heteroatoms. The first kappa shape index (κ1) is 12.6. The minimum atomic E-state index is -0.391. The third-order valence-electron chi connectivity index (χ3n) is 2.67. The third kappa shape index (κ3) is 2.70. The van der Waals surface area contributed by atoms with Crippen LogP contribution in [0.15, 0.2) is 41.0 Å². The Bertz CT molecular complexity index is 580. The molecule has 0 aliphatic carbocycles. The zero-order chi connectivity index (χ0) is 13.1. The van der Waals surface area contributed by atoms with Gasteiger partial charge in [-0.1, -0.05) is 15.9 Å². The number of aromatic nitrogens is 1.